The van der Waals surface area contributed by atoms with Crippen LogP contribution in [-0.4, -0.2) is 31.2 Å². The van der Waals surface area contributed by atoms with Crippen LogP contribution in [0.15, 0.2) is 23.4 Å². The summed E-state index contributed by atoms with van der Waals surface area (Å²) in [5.41, 5.74) is 1.37. The number of hydrogen-bond acceptors (Lipinski definition) is 7. The molecule has 1 aromatic carbocycles. The van der Waals surface area contributed by atoms with E-state index in [0.29, 0.717) is 17.2 Å². The molecule has 0 amide bonds. The van der Waals surface area contributed by atoms with Crippen molar-refractivity contribution in [2.75, 3.05) is 13.4 Å². The zero-order valence-electron chi connectivity index (χ0n) is 11.7. The summed E-state index contributed by atoms with van der Waals surface area (Å²) in [5.74, 6) is 0.678. The molecule has 1 unspecified atom stereocenters. The van der Waals surface area contributed by atoms with E-state index in [4.69, 9.17) is 24.3 Å². The summed E-state index contributed by atoms with van der Waals surface area (Å²) >= 11 is 0. The monoisotopic (exact) mass is 290 g/mol. The zero-order valence-corrected chi connectivity index (χ0v) is 11.7. The summed E-state index contributed by atoms with van der Waals surface area (Å²) in [6.07, 6.45) is -0.806. The van der Waals surface area contributed by atoms with Crippen LogP contribution in [0.4, 0.5) is 0 Å². The molecular formula is C14H14N2O5. The van der Waals surface area contributed by atoms with Crippen LogP contribution in [0.2, 0.25) is 0 Å². The Balaban J connectivity index is 1.90. The molecule has 2 rings (SSSR count). The van der Waals surface area contributed by atoms with Gasteiger partial charge < -0.3 is 19.0 Å². The lowest BCUT2D eigenvalue weighted by atomic mass is 10.1. The van der Waals surface area contributed by atoms with Gasteiger partial charge in [0, 0.05) is 5.56 Å². The molecule has 0 N–H and O–H groups in total. The number of benzene rings is 1. The number of carbonyl (C=O) groups excluding carboxylic acids is 1. The van der Waals surface area contributed by atoms with Crippen LogP contribution in [0, 0.1) is 11.3 Å². The molecule has 1 heterocycles. The maximum atomic E-state index is 11.3. The molecule has 0 saturated heterocycles. The Kier molecular flexibility index (Phi) is 4.61. The quantitative estimate of drug-likeness (QED) is 0.465. The standard InChI is InChI=1S/C14H14N2O5/c1-9(6-15)21-14(17)7-20-16-10(2)11-3-4-12-13(5-11)19-8-18-12/h3-5,9H,7-8H2,1-2H3. The van der Waals surface area contributed by atoms with E-state index in [1.165, 1.54) is 6.92 Å². The molecule has 1 atom stereocenters. The summed E-state index contributed by atoms with van der Waals surface area (Å²) in [7, 11) is 0. The largest absolute Gasteiger partial charge is 0.454 e. The zero-order chi connectivity index (χ0) is 15.2. The van der Waals surface area contributed by atoms with E-state index in [0.717, 1.165) is 5.56 Å². The number of rotatable bonds is 5. The molecule has 1 aliphatic rings. The molecule has 7 nitrogen and oxygen atoms in total. The van der Waals surface area contributed by atoms with Crippen LogP contribution in [0.3, 0.4) is 0 Å². The number of nitrogens with zero attached hydrogens (tertiary/aromatic N) is 2. The average molecular weight is 290 g/mol. The first kappa shape index (κ1) is 14.7. The van der Waals surface area contributed by atoms with Crippen LogP contribution < -0.4 is 9.47 Å². The Morgan fingerprint density at radius 1 is 1.48 bits per heavy atom. The molecule has 1 aliphatic heterocycles. The molecule has 0 spiro atoms. The Morgan fingerprint density at radius 2 is 2.24 bits per heavy atom. The first-order valence-electron chi connectivity index (χ1n) is 6.26. The van der Waals surface area contributed by atoms with Gasteiger partial charge in [-0.2, -0.15) is 5.26 Å². The third kappa shape index (κ3) is 3.86. The van der Waals surface area contributed by atoms with Gasteiger partial charge in [-0.3, -0.25) is 0 Å². The topological polar surface area (TPSA) is 90.1 Å². The predicted octanol–water partition coefficient (Wildman–Crippen LogP) is 1.61. The SMILES string of the molecule is CC(=NOCC(=O)OC(C)C#N)c1ccc2c(c1)OCO2. The normalized spacial score (nSPS) is 14.2. The molecule has 7 heteroatoms. The van der Waals surface area contributed by atoms with Crippen molar-refractivity contribution in [2.45, 2.75) is 20.0 Å². The van der Waals surface area contributed by atoms with Crippen LogP contribution in [0.25, 0.3) is 0 Å². The minimum atomic E-state index is -0.806. The predicted molar refractivity (Wildman–Crippen MR) is 71.9 cm³/mol. The molecular weight excluding hydrogens is 276 g/mol. The van der Waals surface area contributed by atoms with Crippen molar-refractivity contribution in [1.82, 2.24) is 0 Å². The number of hydrogen-bond donors (Lipinski definition) is 0. The van der Waals surface area contributed by atoms with Crippen molar-refractivity contribution in [1.29, 1.82) is 5.26 Å². The van der Waals surface area contributed by atoms with E-state index >= 15 is 0 Å². The van der Waals surface area contributed by atoms with Crippen molar-refractivity contribution in [3.63, 3.8) is 0 Å². The summed E-state index contributed by atoms with van der Waals surface area (Å²) in [6.45, 7) is 3.06. The fourth-order valence-corrected chi connectivity index (χ4v) is 1.61. The van der Waals surface area contributed by atoms with Crippen molar-refractivity contribution in [3.8, 4) is 17.6 Å². The molecule has 0 aromatic heterocycles. The smallest absolute Gasteiger partial charge is 0.348 e. The first-order valence-corrected chi connectivity index (χ1v) is 6.26. The van der Waals surface area contributed by atoms with Gasteiger partial charge in [0.25, 0.3) is 0 Å². The number of oxime groups is 1. The van der Waals surface area contributed by atoms with Crippen LogP contribution >= 0.6 is 0 Å². The summed E-state index contributed by atoms with van der Waals surface area (Å²) in [5, 5.41) is 12.3. The first-order chi connectivity index (χ1) is 10.1. The van der Waals surface area contributed by atoms with E-state index in [2.05, 4.69) is 5.16 Å². The van der Waals surface area contributed by atoms with Crippen molar-refractivity contribution in [2.24, 2.45) is 5.16 Å². The van der Waals surface area contributed by atoms with E-state index in [1.807, 2.05) is 6.07 Å². The maximum absolute atomic E-state index is 11.3. The van der Waals surface area contributed by atoms with Crippen molar-refractivity contribution in [3.05, 3.63) is 23.8 Å². The van der Waals surface area contributed by atoms with Crippen LogP contribution in [-0.2, 0) is 14.4 Å². The van der Waals surface area contributed by atoms with E-state index in [1.54, 1.807) is 25.1 Å². The second-order valence-corrected chi connectivity index (χ2v) is 4.28. The van der Waals surface area contributed by atoms with Crippen molar-refractivity contribution < 1.29 is 23.8 Å². The minimum Gasteiger partial charge on any atom is -0.454 e. The minimum absolute atomic E-state index is 0.203. The fourth-order valence-electron chi connectivity index (χ4n) is 1.61. The van der Waals surface area contributed by atoms with Gasteiger partial charge in [0.2, 0.25) is 13.4 Å². The number of carbonyl (C=O) groups is 1. The highest BCUT2D eigenvalue weighted by atomic mass is 16.7. The van der Waals surface area contributed by atoms with E-state index in [9.17, 15) is 4.79 Å². The van der Waals surface area contributed by atoms with Gasteiger partial charge in [-0.1, -0.05) is 5.16 Å². The summed E-state index contributed by atoms with van der Waals surface area (Å²) in [4.78, 5) is 16.2. The average Bonchev–Trinajstić information content (AvgIpc) is 2.94. The molecule has 0 saturated carbocycles. The number of ether oxygens (including phenoxy) is 3. The third-order valence-corrected chi connectivity index (χ3v) is 2.66. The Hall–Kier alpha value is -2.75. The van der Waals surface area contributed by atoms with Gasteiger partial charge in [-0.05, 0) is 32.0 Å². The lowest BCUT2D eigenvalue weighted by Gasteiger charge is -2.05. The second-order valence-electron chi connectivity index (χ2n) is 4.28. The maximum Gasteiger partial charge on any atom is 0.348 e. The van der Waals surface area contributed by atoms with Crippen LogP contribution in [0.5, 0.6) is 11.5 Å². The highest BCUT2D eigenvalue weighted by Gasteiger charge is 2.14. The summed E-state index contributed by atoms with van der Waals surface area (Å²) in [6, 6.07) is 7.15. The summed E-state index contributed by atoms with van der Waals surface area (Å²) < 4.78 is 15.2. The van der Waals surface area contributed by atoms with Crippen molar-refractivity contribution >= 4 is 11.7 Å². The Bertz CT molecular complexity index is 606. The van der Waals surface area contributed by atoms with Gasteiger partial charge in [0.1, 0.15) is 6.07 Å². The van der Waals surface area contributed by atoms with Gasteiger partial charge >= 0.3 is 5.97 Å². The third-order valence-electron chi connectivity index (χ3n) is 2.66. The fraction of sp³-hybridized carbons (Fsp3) is 0.357. The number of esters is 1. The molecule has 0 fully saturated rings. The highest BCUT2D eigenvalue weighted by Crippen LogP contribution is 2.32. The Morgan fingerprint density at radius 3 is 3.00 bits per heavy atom. The van der Waals surface area contributed by atoms with Crippen LogP contribution in [0.1, 0.15) is 19.4 Å². The highest BCUT2D eigenvalue weighted by molar-refractivity contribution is 5.99. The second kappa shape index (κ2) is 6.61. The lowest BCUT2D eigenvalue weighted by Crippen LogP contribution is -2.17. The molecule has 110 valence electrons. The van der Waals surface area contributed by atoms with Gasteiger partial charge in [0.15, 0.2) is 17.6 Å². The lowest BCUT2D eigenvalue weighted by molar-refractivity contribution is -0.151. The number of nitriles is 1. The molecule has 0 bridgehead atoms. The van der Waals surface area contributed by atoms with Gasteiger partial charge in [-0.15, -0.1) is 0 Å². The molecule has 0 radical (unpaired) electrons. The molecule has 0 aliphatic carbocycles. The van der Waals surface area contributed by atoms with Gasteiger partial charge in [-0.25, -0.2) is 4.79 Å². The van der Waals surface area contributed by atoms with Gasteiger partial charge in [0.05, 0.1) is 5.71 Å². The van der Waals surface area contributed by atoms with E-state index < -0.39 is 12.1 Å². The van der Waals surface area contributed by atoms with E-state index in [-0.39, 0.29) is 13.4 Å². The molecule has 21 heavy (non-hydrogen) atoms. The number of fused-ring (bicyclic) bond motifs is 1. The molecule has 1 aromatic rings. The Labute approximate surface area is 121 Å².